The van der Waals surface area contributed by atoms with Crippen molar-refractivity contribution in [2.45, 2.75) is 32.7 Å². The average molecular weight is 265 g/mol. The molecule has 0 aromatic carbocycles. The van der Waals surface area contributed by atoms with Crippen LogP contribution in [0.15, 0.2) is 9.59 Å². The second-order valence-corrected chi connectivity index (χ2v) is 4.56. The van der Waals surface area contributed by atoms with Crippen molar-refractivity contribution in [2.24, 2.45) is 12.8 Å². The molecular formula is C12H19N5O2. The number of fused-ring (bicyclic) bond motifs is 1. The molecule has 0 saturated carbocycles. The van der Waals surface area contributed by atoms with Crippen LogP contribution in [0.4, 0.5) is 0 Å². The monoisotopic (exact) mass is 265 g/mol. The zero-order valence-electron chi connectivity index (χ0n) is 11.3. The zero-order valence-corrected chi connectivity index (χ0v) is 11.3. The van der Waals surface area contributed by atoms with Gasteiger partial charge in [-0.2, -0.15) is 0 Å². The van der Waals surface area contributed by atoms with Crippen LogP contribution >= 0.6 is 0 Å². The molecule has 0 aliphatic heterocycles. The fraction of sp³-hybridized carbons (Fsp3) is 0.583. The van der Waals surface area contributed by atoms with Gasteiger partial charge in [-0.1, -0.05) is 13.3 Å². The zero-order chi connectivity index (χ0) is 14.0. The first kappa shape index (κ1) is 13.5. The summed E-state index contributed by atoms with van der Waals surface area (Å²) in [6.07, 6.45) is 2.41. The third-order valence-corrected chi connectivity index (χ3v) is 3.21. The molecule has 0 saturated heterocycles. The Morgan fingerprint density at radius 2 is 2.11 bits per heavy atom. The molecule has 3 N–H and O–H groups in total. The number of aromatic amines is 1. The number of rotatable bonds is 5. The second-order valence-electron chi connectivity index (χ2n) is 4.56. The summed E-state index contributed by atoms with van der Waals surface area (Å²) >= 11 is 0. The van der Waals surface area contributed by atoms with Gasteiger partial charge in [0.25, 0.3) is 5.56 Å². The highest BCUT2D eigenvalue weighted by molar-refractivity contribution is 5.70. The highest BCUT2D eigenvalue weighted by atomic mass is 16.2. The maximum atomic E-state index is 11.9. The van der Waals surface area contributed by atoms with E-state index in [0.717, 1.165) is 18.7 Å². The van der Waals surface area contributed by atoms with Crippen molar-refractivity contribution < 1.29 is 0 Å². The number of aromatic nitrogens is 4. The van der Waals surface area contributed by atoms with Crippen LogP contribution < -0.4 is 17.0 Å². The fourth-order valence-electron chi connectivity index (χ4n) is 2.17. The summed E-state index contributed by atoms with van der Waals surface area (Å²) in [7, 11) is 1.77. The molecule has 2 rings (SSSR count). The van der Waals surface area contributed by atoms with Gasteiger partial charge in [-0.25, -0.2) is 9.78 Å². The second kappa shape index (κ2) is 5.40. The van der Waals surface area contributed by atoms with E-state index in [0.29, 0.717) is 30.7 Å². The Morgan fingerprint density at radius 3 is 2.74 bits per heavy atom. The Bertz CT molecular complexity index is 694. The molecule has 0 amide bonds. The first-order valence-electron chi connectivity index (χ1n) is 6.48. The van der Waals surface area contributed by atoms with Crippen molar-refractivity contribution in [1.29, 1.82) is 0 Å². The molecule has 2 aromatic rings. The maximum Gasteiger partial charge on any atom is 0.330 e. The van der Waals surface area contributed by atoms with E-state index >= 15 is 0 Å². The van der Waals surface area contributed by atoms with Gasteiger partial charge in [-0.05, 0) is 13.0 Å². The van der Waals surface area contributed by atoms with E-state index in [1.165, 1.54) is 4.57 Å². The minimum Gasteiger partial charge on any atom is -0.330 e. The van der Waals surface area contributed by atoms with Gasteiger partial charge in [0.2, 0.25) is 0 Å². The van der Waals surface area contributed by atoms with Gasteiger partial charge in [0.05, 0.1) is 0 Å². The van der Waals surface area contributed by atoms with Gasteiger partial charge >= 0.3 is 5.69 Å². The van der Waals surface area contributed by atoms with Gasteiger partial charge < -0.3 is 10.3 Å². The molecule has 104 valence electrons. The first-order chi connectivity index (χ1) is 9.10. The van der Waals surface area contributed by atoms with Gasteiger partial charge in [0, 0.05) is 20.0 Å². The molecule has 0 atom stereocenters. The predicted molar refractivity (Wildman–Crippen MR) is 73.3 cm³/mol. The number of nitrogens with two attached hydrogens (primary N) is 1. The summed E-state index contributed by atoms with van der Waals surface area (Å²) in [6, 6.07) is 0. The lowest BCUT2D eigenvalue weighted by molar-refractivity contribution is 0.613. The summed E-state index contributed by atoms with van der Waals surface area (Å²) in [5.74, 6) is 0.721. The number of aryl methyl sites for hydroxylation is 2. The quantitative estimate of drug-likeness (QED) is 0.777. The van der Waals surface area contributed by atoms with Crippen LogP contribution in [0.2, 0.25) is 0 Å². The largest absolute Gasteiger partial charge is 0.330 e. The van der Waals surface area contributed by atoms with Crippen LogP contribution in [-0.4, -0.2) is 25.6 Å². The summed E-state index contributed by atoms with van der Waals surface area (Å²) in [5, 5.41) is 0. The molecular weight excluding hydrogens is 246 g/mol. The van der Waals surface area contributed by atoms with E-state index in [1.807, 2.05) is 6.92 Å². The molecule has 0 bridgehead atoms. The number of hydrogen-bond acceptors (Lipinski definition) is 4. The lowest BCUT2D eigenvalue weighted by atomic mass is 10.3. The molecule has 19 heavy (non-hydrogen) atoms. The third kappa shape index (κ3) is 2.33. The molecule has 0 aliphatic rings. The van der Waals surface area contributed by atoms with Gasteiger partial charge in [0.1, 0.15) is 5.82 Å². The molecule has 2 heterocycles. The molecule has 0 unspecified atom stereocenters. The minimum absolute atomic E-state index is 0.397. The Hall–Kier alpha value is -1.89. The maximum absolute atomic E-state index is 11.9. The van der Waals surface area contributed by atoms with E-state index in [2.05, 4.69) is 9.97 Å². The smallest absolute Gasteiger partial charge is 0.330 e. The number of imidazole rings is 1. The highest BCUT2D eigenvalue weighted by Gasteiger charge is 2.15. The van der Waals surface area contributed by atoms with E-state index < -0.39 is 11.2 Å². The minimum atomic E-state index is -0.400. The van der Waals surface area contributed by atoms with Crippen molar-refractivity contribution in [3.8, 4) is 0 Å². The van der Waals surface area contributed by atoms with Crippen molar-refractivity contribution in [2.75, 3.05) is 6.54 Å². The Labute approximate surface area is 110 Å². The van der Waals surface area contributed by atoms with Crippen molar-refractivity contribution in [3.63, 3.8) is 0 Å². The number of hydrogen-bond donors (Lipinski definition) is 2. The average Bonchev–Trinajstić information content (AvgIpc) is 2.68. The van der Waals surface area contributed by atoms with Gasteiger partial charge in [-0.3, -0.25) is 14.3 Å². The van der Waals surface area contributed by atoms with Crippen LogP contribution in [0, 0.1) is 0 Å². The topological polar surface area (TPSA) is 98.7 Å². The lowest BCUT2D eigenvalue weighted by Gasteiger charge is -2.04. The molecule has 0 radical (unpaired) electrons. The van der Waals surface area contributed by atoms with Crippen LogP contribution in [0.3, 0.4) is 0 Å². The standard InChI is InChI=1S/C12H19N5O2/c1-3-4-7-17-10-9(11(18)15-12(17)19)16(2)8(14-10)5-6-13/h3-7,13H2,1-2H3,(H,15,18,19). The fourth-order valence-corrected chi connectivity index (χ4v) is 2.17. The number of unbranched alkanes of at least 4 members (excludes halogenated alkanes) is 1. The molecule has 7 nitrogen and oxygen atoms in total. The van der Waals surface area contributed by atoms with Crippen molar-refractivity contribution >= 4 is 11.2 Å². The molecule has 7 heteroatoms. The normalized spacial score (nSPS) is 11.3. The Morgan fingerprint density at radius 1 is 1.37 bits per heavy atom. The van der Waals surface area contributed by atoms with E-state index in [4.69, 9.17) is 5.73 Å². The van der Waals surface area contributed by atoms with Gasteiger partial charge in [-0.15, -0.1) is 0 Å². The number of H-pyrrole nitrogens is 1. The van der Waals surface area contributed by atoms with Crippen LogP contribution in [0.5, 0.6) is 0 Å². The Kier molecular flexibility index (Phi) is 3.84. The molecule has 2 aromatic heterocycles. The summed E-state index contributed by atoms with van der Waals surface area (Å²) < 4.78 is 3.24. The lowest BCUT2D eigenvalue weighted by Crippen LogP contribution is -2.31. The van der Waals surface area contributed by atoms with Crippen molar-refractivity contribution in [1.82, 2.24) is 19.1 Å². The molecule has 0 spiro atoms. The summed E-state index contributed by atoms with van der Waals surface area (Å²) in [6.45, 7) is 3.06. The number of nitrogens with one attached hydrogen (secondary N) is 1. The third-order valence-electron chi connectivity index (χ3n) is 3.21. The molecule has 0 aliphatic carbocycles. The summed E-state index contributed by atoms with van der Waals surface area (Å²) in [4.78, 5) is 30.5. The van der Waals surface area contributed by atoms with Gasteiger partial charge in [0.15, 0.2) is 11.2 Å². The summed E-state index contributed by atoms with van der Waals surface area (Å²) in [5.41, 5.74) is 5.61. The van der Waals surface area contributed by atoms with Crippen LogP contribution in [0.25, 0.3) is 11.2 Å². The van der Waals surface area contributed by atoms with Crippen LogP contribution in [-0.2, 0) is 20.0 Å². The van der Waals surface area contributed by atoms with E-state index in [9.17, 15) is 9.59 Å². The van der Waals surface area contributed by atoms with E-state index in [1.54, 1.807) is 11.6 Å². The van der Waals surface area contributed by atoms with Crippen LogP contribution in [0.1, 0.15) is 25.6 Å². The SMILES string of the molecule is CCCCn1c(=O)[nH]c(=O)c2c1nc(CCN)n2C. The number of nitrogens with zero attached hydrogens (tertiary/aromatic N) is 3. The predicted octanol–water partition coefficient (Wildman–Crippen LogP) is -0.275. The van der Waals surface area contributed by atoms with E-state index in [-0.39, 0.29) is 0 Å². The molecule has 0 fully saturated rings. The first-order valence-corrected chi connectivity index (χ1v) is 6.48. The highest BCUT2D eigenvalue weighted by Crippen LogP contribution is 2.10. The Balaban J connectivity index is 2.71. The van der Waals surface area contributed by atoms with Crippen molar-refractivity contribution in [3.05, 3.63) is 26.7 Å².